The summed E-state index contributed by atoms with van der Waals surface area (Å²) in [7, 11) is 0. The van der Waals surface area contributed by atoms with E-state index in [1.165, 1.54) is 18.7 Å². The minimum Gasteiger partial charge on any atom is -0.316 e. The molecule has 2 heteroatoms. The van der Waals surface area contributed by atoms with Gasteiger partial charge in [-0.25, -0.2) is 0 Å². The van der Waals surface area contributed by atoms with E-state index in [2.05, 4.69) is 23.3 Å². The molecule has 1 saturated carbocycles. The number of nitrogens with zero attached hydrogens (tertiary/aromatic N) is 1. The van der Waals surface area contributed by atoms with E-state index in [4.69, 9.17) is 0 Å². The van der Waals surface area contributed by atoms with Crippen molar-refractivity contribution in [1.29, 1.82) is 0 Å². The third-order valence-corrected chi connectivity index (χ3v) is 2.97. The second-order valence-electron chi connectivity index (χ2n) is 4.25. The largest absolute Gasteiger partial charge is 0.316 e. The molecule has 1 heterocycles. The first-order chi connectivity index (χ1) is 6.86. The minimum absolute atomic E-state index is 0.943. The Labute approximate surface area is 85.7 Å². The van der Waals surface area contributed by atoms with E-state index in [9.17, 15) is 0 Å². The van der Waals surface area contributed by atoms with Gasteiger partial charge in [-0.05, 0) is 36.9 Å². The van der Waals surface area contributed by atoms with Gasteiger partial charge in [-0.1, -0.05) is 13.0 Å². The van der Waals surface area contributed by atoms with Crippen LogP contribution in [-0.2, 0) is 6.42 Å². The average Bonchev–Trinajstić information content (AvgIpc) is 2.91. The maximum absolute atomic E-state index is 4.29. The van der Waals surface area contributed by atoms with Crippen LogP contribution in [0.25, 0.3) is 0 Å². The molecule has 2 unspecified atom stereocenters. The number of hydrogen-bond donors (Lipinski definition) is 1. The first-order valence-electron chi connectivity index (χ1n) is 5.47. The first-order valence-corrected chi connectivity index (χ1v) is 5.47. The Morgan fingerprint density at radius 3 is 3.00 bits per heavy atom. The molecule has 1 aliphatic carbocycles. The zero-order chi connectivity index (χ0) is 9.80. The fourth-order valence-electron chi connectivity index (χ4n) is 1.73. The monoisotopic (exact) mass is 190 g/mol. The van der Waals surface area contributed by atoms with Gasteiger partial charge in [0, 0.05) is 24.9 Å². The summed E-state index contributed by atoms with van der Waals surface area (Å²) in [6.07, 6.45) is 4.32. The molecule has 1 fully saturated rings. The summed E-state index contributed by atoms with van der Waals surface area (Å²) in [5.41, 5.74) is 1.18. The molecule has 2 nitrogen and oxygen atoms in total. The van der Waals surface area contributed by atoms with Gasteiger partial charge in [-0.3, -0.25) is 4.98 Å². The first kappa shape index (κ1) is 9.66. The Kier molecular flexibility index (Phi) is 3.14. The molecule has 0 aromatic carbocycles. The van der Waals surface area contributed by atoms with Gasteiger partial charge in [0.05, 0.1) is 0 Å². The Morgan fingerprint density at radius 2 is 2.36 bits per heavy atom. The molecule has 1 aromatic rings. The van der Waals surface area contributed by atoms with Gasteiger partial charge in [0.25, 0.3) is 0 Å². The third-order valence-electron chi connectivity index (χ3n) is 2.97. The Hall–Kier alpha value is -0.890. The highest BCUT2D eigenvalue weighted by atomic mass is 14.9. The maximum atomic E-state index is 4.29. The molecule has 0 saturated heterocycles. The number of nitrogens with one attached hydrogen (secondary N) is 1. The van der Waals surface area contributed by atoms with Gasteiger partial charge in [0.15, 0.2) is 0 Å². The number of rotatable bonds is 5. The van der Waals surface area contributed by atoms with Crippen molar-refractivity contribution >= 4 is 0 Å². The summed E-state index contributed by atoms with van der Waals surface area (Å²) in [5, 5.41) is 3.49. The lowest BCUT2D eigenvalue weighted by Gasteiger charge is -2.02. The van der Waals surface area contributed by atoms with Crippen molar-refractivity contribution in [2.24, 2.45) is 11.8 Å². The molecule has 1 aliphatic rings. The lowest BCUT2D eigenvalue weighted by molar-refractivity contribution is 0.609. The average molecular weight is 190 g/mol. The summed E-state index contributed by atoms with van der Waals surface area (Å²) in [6.45, 7) is 4.57. The molecule has 1 N–H and O–H groups in total. The highest BCUT2D eigenvalue weighted by Crippen LogP contribution is 2.36. The number of aromatic nitrogens is 1. The molecule has 0 radical (unpaired) electrons. The zero-order valence-electron chi connectivity index (χ0n) is 8.74. The van der Waals surface area contributed by atoms with Crippen LogP contribution in [0, 0.1) is 11.8 Å². The van der Waals surface area contributed by atoms with Crippen LogP contribution in [0.3, 0.4) is 0 Å². The molecule has 0 spiro atoms. The summed E-state index contributed by atoms with van der Waals surface area (Å²) in [4.78, 5) is 4.29. The summed E-state index contributed by atoms with van der Waals surface area (Å²) >= 11 is 0. The van der Waals surface area contributed by atoms with Gasteiger partial charge >= 0.3 is 0 Å². The van der Waals surface area contributed by atoms with Crippen molar-refractivity contribution < 1.29 is 0 Å². The van der Waals surface area contributed by atoms with Crippen molar-refractivity contribution in [1.82, 2.24) is 10.3 Å². The topological polar surface area (TPSA) is 24.9 Å². The smallest absolute Gasteiger partial charge is 0.0416 e. The van der Waals surface area contributed by atoms with Crippen molar-refractivity contribution in [3.05, 3.63) is 30.1 Å². The molecule has 0 aliphatic heterocycles. The Morgan fingerprint density at radius 1 is 1.50 bits per heavy atom. The van der Waals surface area contributed by atoms with Crippen LogP contribution in [0.15, 0.2) is 24.4 Å². The lowest BCUT2D eigenvalue weighted by atomic mass is 10.2. The van der Waals surface area contributed by atoms with E-state index < -0.39 is 0 Å². The van der Waals surface area contributed by atoms with Crippen LogP contribution >= 0.6 is 0 Å². The second-order valence-corrected chi connectivity index (χ2v) is 4.25. The summed E-state index contributed by atoms with van der Waals surface area (Å²) in [6, 6.07) is 6.09. The van der Waals surface area contributed by atoms with Crippen LogP contribution in [0.5, 0.6) is 0 Å². The van der Waals surface area contributed by atoms with E-state index in [0.717, 1.165) is 24.8 Å². The van der Waals surface area contributed by atoms with E-state index >= 15 is 0 Å². The standard InChI is InChI=1S/C12H18N2/c1-10-8-11(10)9-13-7-5-12-4-2-3-6-14-12/h2-4,6,10-11,13H,5,7-9H2,1H3. The van der Waals surface area contributed by atoms with Crippen LogP contribution in [0.2, 0.25) is 0 Å². The van der Waals surface area contributed by atoms with Gasteiger partial charge < -0.3 is 5.32 Å². The van der Waals surface area contributed by atoms with Crippen molar-refractivity contribution in [3.63, 3.8) is 0 Å². The fourth-order valence-corrected chi connectivity index (χ4v) is 1.73. The van der Waals surface area contributed by atoms with Crippen LogP contribution in [0.1, 0.15) is 19.0 Å². The minimum atomic E-state index is 0.943. The SMILES string of the molecule is CC1CC1CNCCc1ccccn1. The number of hydrogen-bond acceptors (Lipinski definition) is 2. The predicted octanol–water partition coefficient (Wildman–Crippen LogP) is 1.87. The third kappa shape index (κ3) is 2.81. The van der Waals surface area contributed by atoms with Crippen LogP contribution in [-0.4, -0.2) is 18.1 Å². The van der Waals surface area contributed by atoms with Gasteiger partial charge in [-0.2, -0.15) is 0 Å². The van der Waals surface area contributed by atoms with E-state index in [-0.39, 0.29) is 0 Å². The molecule has 0 bridgehead atoms. The zero-order valence-corrected chi connectivity index (χ0v) is 8.74. The predicted molar refractivity (Wildman–Crippen MR) is 58.1 cm³/mol. The molecular weight excluding hydrogens is 172 g/mol. The molecule has 0 amide bonds. The lowest BCUT2D eigenvalue weighted by Crippen LogP contribution is -2.20. The van der Waals surface area contributed by atoms with Crippen molar-refractivity contribution in [3.8, 4) is 0 Å². The second kappa shape index (κ2) is 4.56. The highest BCUT2D eigenvalue weighted by Gasteiger charge is 2.31. The Bertz CT molecular complexity index is 271. The van der Waals surface area contributed by atoms with Crippen LogP contribution in [0.4, 0.5) is 0 Å². The quantitative estimate of drug-likeness (QED) is 0.717. The molecular formula is C12H18N2. The maximum Gasteiger partial charge on any atom is 0.0416 e. The van der Waals surface area contributed by atoms with Gasteiger partial charge in [-0.15, -0.1) is 0 Å². The van der Waals surface area contributed by atoms with E-state index in [0.29, 0.717) is 0 Å². The van der Waals surface area contributed by atoms with Crippen LogP contribution < -0.4 is 5.32 Å². The molecule has 2 rings (SSSR count). The fraction of sp³-hybridized carbons (Fsp3) is 0.583. The number of pyridine rings is 1. The molecule has 1 aromatic heterocycles. The van der Waals surface area contributed by atoms with E-state index in [1.807, 2.05) is 18.3 Å². The van der Waals surface area contributed by atoms with Crippen molar-refractivity contribution in [2.45, 2.75) is 19.8 Å². The normalized spacial score (nSPS) is 24.9. The Balaban J connectivity index is 1.59. The highest BCUT2D eigenvalue weighted by molar-refractivity contribution is 5.03. The summed E-state index contributed by atoms with van der Waals surface area (Å²) < 4.78 is 0. The molecule has 14 heavy (non-hydrogen) atoms. The van der Waals surface area contributed by atoms with Gasteiger partial charge in [0.2, 0.25) is 0 Å². The summed E-state index contributed by atoms with van der Waals surface area (Å²) in [5.74, 6) is 1.90. The molecule has 2 atom stereocenters. The molecule has 76 valence electrons. The van der Waals surface area contributed by atoms with E-state index in [1.54, 1.807) is 0 Å². The van der Waals surface area contributed by atoms with Crippen molar-refractivity contribution in [2.75, 3.05) is 13.1 Å². The van der Waals surface area contributed by atoms with Gasteiger partial charge in [0.1, 0.15) is 0 Å².